The Kier molecular flexibility index (Phi) is 4.47. The summed E-state index contributed by atoms with van der Waals surface area (Å²) in [7, 11) is 0. The van der Waals surface area contributed by atoms with E-state index in [0.29, 0.717) is 16.8 Å². The van der Waals surface area contributed by atoms with Gasteiger partial charge in [0.05, 0.1) is 24.3 Å². The average molecular weight is 238 g/mol. The monoisotopic (exact) mass is 238 g/mol. The molecule has 1 aromatic carbocycles. The normalized spacial score (nSPS) is 9.76. The van der Waals surface area contributed by atoms with Crippen LogP contribution in [0.5, 0.6) is 0 Å². The fraction of sp³-hybridized carbons (Fsp3) is 0.273. The molecule has 0 amide bonds. The molecule has 0 saturated carbocycles. The van der Waals surface area contributed by atoms with Crippen LogP contribution >= 0.6 is 0 Å². The van der Waals surface area contributed by atoms with Gasteiger partial charge >= 0.3 is 11.9 Å². The van der Waals surface area contributed by atoms with Gasteiger partial charge < -0.3 is 15.3 Å². The highest BCUT2D eigenvalue weighted by molar-refractivity contribution is 5.90. The van der Waals surface area contributed by atoms with Gasteiger partial charge in [-0.1, -0.05) is 0 Å². The van der Waals surface area contributed by atoms with Gasteiger partial charge in [-0.3, -0.25) is 10.6 Å². The van der Waals surface area contributed by atoms with Crippen molar-refractivity contribution in [3.63, 3.8) is 0 Å². The first-order chi connectivity index (χ1) is 8.08. The molecule has 4 N–H and O–H groups in total. The fourth-order valence-electron chi connectivity index (χ4n) is 1.39. The molecule has 0 fully saturated rings. The van der Waals surface area contributed by atoms with Crippen molar-refractivity contribution in [1.29, 1.82) is 0 Å². The van der Waals surface area contributed by atoms with Gasteiger partial charge in [-0.05, 0) is 30.7 Å². The molecular weight excluding hydrogens is 224 g/mol. The SMILES string of the molecule is CCOC(=O)c1ccc(NN)c(CC(=O)O)c1. The van der Waals surface area contributed by atoms with Gasteiger partial charge in [-0.2, -0.15) is 0 Å². The number of nitrogen functional groups attached to an aromatic ring is 1. The Labute approximate surface area is 98.3 Å². The highest BCUT2D eigenvalue weighted by Gasteiger charge is 2.12. The molecule has 0 aromatic heterocycles. The number of hydrogen-bond acceptors (Lipinski definition) is 5. The summed E-state index contributed by atoms with van der Waals surface area (Å²) in [5.41, 5.74) is 3.60. The maximum absolute atomic E-state index is 11.5. The van der Waals surface area contributed by atoms with Crippen LogP contribution in [0.4, 0.5) is 5.69 Å². The van der Waals surface area contributed by atoms with Crippen molar-refractivity contribution in [1.82, 2.24) is 0 Å². The zero-order valence-electron chi connectivity index (χ0n) is 9.40. The zero-order valence-corrected chi connectivity index (χ0v) is 9.40. The number of carbonyl (C=O) groups excluding carboxylic acids is 1. The van der Waals surface area contributed by atoms with Gasteiger partial charge in [0.1, 0.15) is 0 Å². The lowest BCUT2D eigenvalue weighted by Crippen LogP contribution is -2.13. The molecule has 0 aliphatic rings. The maximum Gasteiger partial charge on any atom is 0.338 e. The molecule has 0 spiro atoms. The van der Waals surface area contributed by atoms with Crippen LogP contribution in [0.25, 0.3) is 0 Å². The molecule has 0 saturated heterocycles. The van der Waals surface area contributed by atoms with Crippen molar-refractivity contribution in [2.75, 3.05) is 12.0 Å². The van der Waals surface area contributed by atoms with E-state index in [1.807, 2.05) is 0 Å². The lowest BCUT2D eigenvalue weighted by molar-refractivity contribution is -0.136. The number of carbonyl (C=O) groups is 2. The minimum Gasteiger partial charge on any atom is -0.481 e. The predicted molar refractivity (Wildman–Crippen MR) is 61.5 cm³/mol. The van der Waals surface area contributed by atoms with Crippen molar-refractivity contribution in [2.45, 2.75) is 13.3 Å². The summed E-state index contributed by atoms with van der Waals surface area (Å²) in [5, 5.41) is 8.73. The molecule has 0 unspecified atom stereocenters. The molecule has 0 radical (unpaired) electrons. The Hall–Kier alpha value is -2.08. The molecular formula is C11H14N2O4. The molecule has 6 nitrogen and oxygen atoms in total. The van der Waals surface area contributed by atoms with Crippen LogP contribution < -0.4 is 11.3 Å². The number of rotatable bonds is 5. The zero-order chi connectivity index (χ0) is 12.8. The van der Waals surface area contributed by atoms with Crippen LogP contribution in [0.1, 0.15) is 22.8 Å². The number of benzene rings is 1. The second-order valence-corrected chi connectivity index (χ2v) is 3.31. The molecule has 1 rings (SSSR count). The fourth-order valence-corrected chi connectivity index (χ4v) is 1.39. The third-order valence-corrected chi connectivity index (χ3v) is 2.11. The number of esters is 1. The Balaban J connectivity index is 3.03. The molecule has 0 aliphatic carbocycles. The third-order valence-electron chi connectivity index (χ3n) is 2.11. The Morgan fingerprint density at radius 3 is 2.71 bits per heavy atom. The molecule has 17 heavy (non-hydrogen) atoms. The van der Waals surface area contributed by atoms with Gasteiger partial charge in [-0.15, -0.1) is 0 Å². The van der Waals surface area contributed by atoms with Crippen molar-refractivity contribution < 1.29 is 19.4 Å². The number of anilines is 1. The number of hydrazine groups is 1. The quantitative estimate of drug-likeness (QED) is 0.398. The lowest BCUT2D eigenvalue weighted by atomic mass is 10.1. The molecule has 0 heterocycles. The maximum atomic E-state index is 11.5. The van der Waals surface area contributed by atoms with E-state index in [9.17, 15) is 9.59 Å². The van der Waals surface area contributed by atoms with Crippen LogP contribution in [-0.4, -0.2) is 23.7 Å². The Morgan fingerprint density at radius 1 is 1.47 bits per heavy atom. The lowest BCUT2D eigenvalue weighted by Gasteiger charge is -2.09. The van der Waals surface area contributed by atoms with Crippen LogP contribution in [0.3, 0.4) is 0 Å². The molecule has 0 aliphatic heterocycles. The van der Waals surface area contributed by atoms with Crippen molar-refractivity contribution in [3.8, 4) is 0 Å². The summed E-state index contributed by atoms with van der Waals surface area (Å²) in [6.45, 7) is 1.97. The minimum atomic E-state index is -0.998. The van der Waals surface area contributed by atoms with Crippen LogP contribution in [0.15, 0.2) is 18.2 Å². The number of nitrogens with one attached hydrogen (secondary N) is 1. The van der Waals surface area contributed by atoms with Crippen molar-refractivity contribution in [3.05, 3.63) is 29.3 Å². The van der Waals surface area contributed by atoms with E-state index >= 15 is 0 Å². The first-order valence-electron chi connectivity index (χ1n) is 5.07. The second-order valence-electron chi connectivity index (χ2n) is 3.31. The number of carboxylic acid groups (broad SMARTS) is 1. The number of aliphatic carboxylic acids is 1. The van der Waals surface area contributed by atoms with Crippen LogP contribution in [-0.2, 0) is 16.0 Å². The summed E-state index contributed by atoms with van der Waals surface area (Å²) < 4.78 is 4.82. The third kappa shape index (κ3) is 3.46. The summed E-state index contributed by atoms with van der Waals surface area (Å²) in [6, 6.07) is 4.53. The van der Waals surface area contributed by atoms with E-state index in [4.69, 9.17) is 15.7 Å². The van der Waals surface area contributed by atoms with Gasteiger partial charge in [0, 0.05) is 0 Å². The van der Waals surface area contributed by atoms with Crippen molar-refractivity contribution >= 4 is 17.6 Å². The van der Waals surface area contributed by atoms with Gasteiger partial charge in [0.2, 0.25) is 0 Å². The van der Waals surface area contributed by atoms with Gasteiger partial charge in [0.25, 0.3) is 0 Å². The van der Waals surface area contributed by atoms with Crippen LogP contribution in [0.2, 0.25) is 0 Å². The summed E-state index contributed by atoms with van der Waals surface area (Å²) in [4.78, 5) is 22.1. The Bertz CT molecular complexity index is 431. The minimum absolute atomic E-state index is 0.215. The van der Waals surface area contributed by atoms with Gasteiger partial charge in [0.15, 0.2) is 0 Å². The first-order valence-corrected chi connectivity index (χ1v) is 5.07. The highest BCUT2D eigenvalue weighted by Crippen LogP contribution is 2.18. The number of ether oxygens (including phenoxy) is 1. The smallest absolute Gasteiger partial charge is 0.338 e. The van der Waals surface area contributed by atoms with E-state index in [0.717, 1.165) is 0 Å². The predicted octanol–water partition coefficient (Wildman–Crippen LogP) is 0.776. The number of carboxylic acids is 1. The van der Waals surface area contributed by atoms with E-state index in [1.54, 1.807) is 13.0 Å². The van der Waals surface area contributed by atoms with E-state index in [-0.39, 0.29) is 13.0 Å². The molecule has 92 valence electrons. The Morgan fingerprint density at radius 2 is 2.18 bits per heavy atom. The summed E-state index contributed by atoms with van der Waals surface area (Å²) in [6.07, 6.45) is -0.215. The van der Waals surface area contributed by atoms with Gasteiger partial charge in [-0.25, -0.2) is 4.79 Å². The first kappa shape index (κ1) is 13.0. The molecule has 1 aromatic rings. The number of nitrogens with two attached hydrogens (primary N) is 1. The molecule has 0 atom stereocenters. The summed E-state index contributed by atoms with van der Waals surface area (Å²) >= 11 is 0. The standard InChI is InChI=1S/C11H14N2O4/c1-2-17-11(16)7-3-4-9(13-12)8(5-7)6-10(14)15/h3-5,13H,2,6,12H2,1H3,(H,14,15). The highest BCUT2D eigenvalue weighted by atomic mass is 16.5. The number of hydrogen-bond donors (Lipinski definition) is 3. The molecule has 6 heteroatoms. The topological polar surface area (TPSA) is 102 Å². The van der Waals surface area contributed by atoms with E-state index in [1.165, 1.54) is 12.1 Å². The van der Waals surface area contributed by atoms with Crippen molar-refractivity contribution in [2.24, 2.45) is 5.84 Å². The van der Waals surface area contributed by atoms with E-state index in [2.05, 4.69) is 5.43 Å². The van der Waals surface area contributed by atoms with E-state index < -0.39 is 11.9 Å². The van der Waals surface area contributed by atoms with Crippen LogP contribution in [0, 0.1) is 0 Å². The second kappa shape index (κ2) is 5.86. The average Bonchev–Trinajstić information content (AvgIpc) is 2.28. The largest absolute Gasteiger partial charge is 0.481 e. The molecule has 0 bridgehead atoms. The summed E-state index contributed by atoms with van der Waals surface area (Å²) in [5.74, 6) is 3.77.